The van der Waals surface area contributed by atoms with Gasteiger partial charge in [-0.15, -0.1) is 22.7 Å². The number of amides is 1. The first-order valence-corrected chi connectivity index (χ1v) is 10.8. The van der Waals surface area contributed by atoms with Crippen LogP contribution < -0.4 is 14.8 Å². The van der Waals surface area contributed by atoms with Crippen LogP contribution in [0.15, 0.2) is 41.2 Å². The molecule has 7 nitrogen and oxygen atoms in total. The molecule has 4 aromatic rings. The molecule has 1 aliphatic rings. The summed E-state index contributed by atoms with van der Waals surface area (Å²) in [6.07, 6.45) is 4.91. The van der Waals surface area contributed by atoms with Gasteiger partial charge in [-0.25, -0.2) is 9.97 Å². The number of halogens is 1. The highest BCUT2D eigenvalue weighted by molar-refractivity contribution is 7.15. The summed E-state index contributed by atoms with van der Waals surface area (Å²) in [4.78, 5) is 21.8. The van der Waals surface area contributed by atoms with Crippen molar-refractivity contribution in [2.24, 2.45) is 0 Å². The van der Waals surface area contributed by atoms with Crippen LogP contribution in [0.5, 0.6) is 11.5 Å². The Labute approximate surface area is 178 Å². The Kier molecular flexibility index (Phi) is 4.70. The molecule has 0 bridgehead atoms. The molecule has 0 spiro atoms. The lowest BCUT2D eigenvalue weighted by Crippen LogP contribution is -2.15. The second kappa shape index (κ2) is 7.51. The number of thiazole rings is 2. The Morgan fingerprint density at radius 2 is 2.07 bits per heavy atom. The van der Waals surface area contributed by atoms with Crippen LogP contribution in [-0.4, -0.2) is 33.5 Å². The Morgan fingerprint density at radius 1 is 1.21 bits per heavy atom. The van der Waals surface area contributed by atoms with Crippen molar-refractivity contribution < 1.29 is 14.3 Å². The number of carbonyl (C=O) groups excluding carboxylic acids is 1. The summed E-state index contributed by atoms with van der Waals surface area (Å²) < 4.78 is 13.0. The first-order valence-electron chi connectivity index (χ1n) is 8.63. The number of carbonyl (C=O) groups is 1. The van der Waals surface area contributed by atoms with E-state index < -0.39 is 0 Å². The van der Waals surface area contributed by atoms with Gasteiger partial charge in [-0.05, 0) is 24.3 Å². The number of nitrogens with one attached hydrogen (secondary N) is 1. The summed E-state index contributed by atoms with van der Waals surface area (Å²) in [7, 11) is 0. The van der Waals surface area contributed by atoms with E-state index >= 15 is 0 Å². The van der Waals surface area contributed by atoms with Crippen LogP contribution >= 0.6 is 34.3 Å². The average Bonchev–Trinajstić information content (AvgIpc) is 3.43. The molecule has 0 fully saturated rings. The standard InChI is InChI=1S/C19H13ClN4O3S2/c20-17-13(24-5-8-28-19(24)23-17)2-4-16(25)22-18-21-12(10-29-18)11-1-3-14-15(9-11)27-7-6-26-14/h1-5,8-10H,6-7H2,(H,21,22,25)/b4-2+. The van der Waals surface area contributed by atoms with Crippen molar-refractivity contribution in [3.8, 4) is 22.8 Å². The molecule has 5 rings (SSSR count). The highest BCUT2D eigenvalue weighted by Crippen LogP contribution is 2.35. The van der Waals surface area contributed by atoms with Crippen LogP contribution in [0.1, 0.15) is 5.69 Å². The number of aromatic nitrogens is 3. The summed E-state index contributed by atoms with van der Waals surface area (Å²) in [5.41, 5.74) is 2.31. The van der Waals surface area contributed by atoms with Crippen molar-refractivity contribution in [2.45, 2.75) is 0 Å². The maximum Gasteiger partial charge on any atom is 0.250 e. The van der Waals surface area contributed by atoms with Gasteiger partial charge in [0.15, 0.2) is 26.7 Å². The van der Waals surface area contributed by atoms with Crippen LogP contribution in [0.25, 0.3) is 22.3 Å². The van der Waals surface area contributed by atoms with Gasteiger partial charge in [0.1, 0.15) is 13.2 Å². The van der Waals surface area contributed by atoms with Gasteiger partial charge in [-0.1, -0.05) is 11.6 Å². The zero-order chi connectivity index (χ0) is 19.8. The minimum absolute atomic E-state index is 0.297. The second-order valence-corrected chi connectivity index (χ2v) is 8.15. The van der Waals surface area contributed by atoms with E-state index in [1.165, 1.54) is 28.7 Å². The maximum absolute atomic E-state index is 12.3. The predicted octanol–water partition coefficient (Wildman–Crippen LogP) is 4.60. The van der Waals surface area contributed by atoms with E-state index in [1.54, 1.807) is 6.08 Å². The Bertz CT molecular complexity index is 1240. The zero-order valence-corrected chi connectivity index (χ0v) is 17.2. The van der Waals surface area contributed by atoms with E-state index in [2.05, 4.69) is 15.3 Å². The number of hydrogen-bond acceptors (Lipinski definition) is 7. The second-order valence-electron chi connectivity index (χ2n) is 6.06. The fourth-order valence-corrected chi connectivity index (χ4v) is 4.62. The van der Waals surface area contributed by atoms with Gasteiger partial charge in [0.25, 0.3) is 0 Å². The van der Waals surface area contributed by atoms with Gasteiger partial charge < -0.3 is 9.47 Å². The first kappa shape index (κ1) is 18.2. The van der Waals surface area contributed by atoms with Gasteiger partial charge in [0.05, 0.1) is 11.4 Å². The maximum atomic E-state index is 12.3. The van der Waals surface area contributed by atoms with Crippen LogP contribution in [0.3, 0.4) is 0 Å². The van der Waals surface area contributed by atoms with E-state index in [-0.39, 0.29) is 5.91 Å². The van der Waals surface area contributed by atoms with Crippen LogP contribution in [0.2, 0.25) is 5.15 Å². The molecule has 4 heterocycles. The number of imidazole rings is 1. The molecule has 0 radical (unpaired) electrons. The van der Waals surface area contributed by atoms with Gasteiger partial charge in [0.2, 0.25) is 5.91 Å². The molecule has 1 N–H and O–H groups in total. The molecule has 0 atom stereocenters. The van der Waals surface area contributed by atoms with Crippen LogP contribution in [-0.2, 0) is 4.79 Å². The van der Waals surface area contributed by atoms with E-state index in [0.717, 1.165) is 22.0 Å². The fraction of sp³-hybridized carbons (Fsp3) is 0.105. The number of rotatable bonds is 4. The van der Waals surface area contributed by atoms with Crippen molar-refractivity contribution in [1.82, 2.24) is 14.4 Å². The number of hydrogen-bond donors (Lipinski definition) is 1. The lowest BCUT2D eigenvalue weighted by molar-refractivity contribution is -0.111. The summed E-state index contributed by atoms with van der Waals surface area (Å²) >= 11 is 8.96. The third-order valence-corrected chi connectivity index (χ3v) is 6.01. The topological polar surface area (TPSA) is 77.8 Å². The van der Waals surface area contributed by atoms with Gasteiger partial charge in [0, 0.05) is 28.6 Å². The van der Waals surface area contributed by atoms with Gasteiger partial charge in [-0.2, -0.15) is 0 Å². The van der Waals surface area contributed by atoms with E-state index in [9.17, 15) is 4.79 Å². The summed E-state index contributed by atoms with van der Waals surface area (Å²) in [5.74, 6) is 1.13. The molecule has 3 aromatic heterocycles. The molecule has 10 heteroatoms. The van der Waals surface area contributed by atoms with Gasteiger partial charge >= 0.3 is 0 Å². The monoisotopic (exact) mass is 444 g/mol. The summed E-state index contributed by atoms with van der Waals surface area (Å²) in [6, 6.07) is 5.68. The molecule has 146 valence electrons. The largest absolute Gasteiger partial charge is 0.486 e. The summed E-state index contributed by atoms with van der Waals surface area (Å²) in [6.45, 7) is 1.08. The molecule has 1 aliphatic heterocycles. The number of ether oxygens (including phenoxy) is 2. The lowest BCUT2D eigenvalue weighted by Gasteiger charge is -2.18. The van der Waals surface area contributed by atoms with Crippen molar-refractivity contribution in [1.29, 1.82) is 0 Å². The predicted molar refractivity (Wildman–Crippen MR) is 114 cm³/mol. The minimum Gasteiger partial charge on any atom is -0.486 e. The molecular formula is C19H13ClN4O3S2. The summed E-state index contributed by atoms with van der Waals surface area (Å²) in [5, 5.41) is 7.43. The highest BCUT2D eigenvalue weighted by Gasteiger charge is 2.14. The minimum atomic E-state index is -0.297. The van der Waals surface area contributed by atoms with E-state index in [4.69, 9.17) is 21.1 Å². The molecule has 1 amide bonds. The molecule has 0 unspecified atom stereocenters. The third-order valence-electron chi connectivity index (χ3n) is 4.22. The van der Waals surface area contributed by atoms with Crippen molar-refractivity contribution in [3.05, 3.63) is 52.1 Å². The molecule has 0 aliphatic carbocycles. The van der Waals surface area contributed by atoms with Crippen LogP contribution in [0, 0.1) is 0 Å². The SMILES string of the molecule is O=C(/C=C/c1c(Cl)nc2sccn12)Nc1nc(-c2ccc3c(c2)OCCO3)cs1. The molecule has 0 saturated carbocycles. The Morgan fingerprint density at radius 3 is 2.97 bits per heavy atom. The zero-order valence-electron chi connectivity index (χ0n) is 14.8. The normalized spacial score (nSPS) is 13.3. The molecule has 1 aromatic carbocycles. The molecule has 0 saturated heterocycles. The first-order chi connectivity index (χ1) is 14.2. The van der Waals surface area contributed by atoms with Gasteiger partial charge in [-0.3, -0.25) is 14.5 Å². The third kappa shape index (κ3) is 3.59. The highest BCUT2D eigenvalue weighted by atomic mass is 35.5. The van der Waals surface area contributed by atoms with Crippen molar-refractivity contribution >= 4 is 56.4 Å². The Hall–Kier alpha value is -2.88. The van der Waals surface area contributed by atoms with Crippen molar-refractivity contribution in [3.63, 3.8) is 0 Å². The van der Waals surface area contributed by atoms with E-state index in [1.807, 2.05) is 39.6 Å². The molecule has 29 heavy (non-hydrogen) atoms. The molecular weight excluding hydrogens is 432 g/mol. The fourth-order valence-electron chi connectivity index (χ4n) is 2.89. The Balaban J connectivity index is 1.30. The number of benzene rings is 1. The van der Waals surface area contributed by atoms with Crippen molar-refractivity contribution in [2.75, 3.05) is 18.5 Å². The van der Waals surface area contributed by atoms with Crippen LogP contribution in [0.4, 0.5) is 5.13 Å². The average molecular weight is 445 g/mol. The van der Waals surface area contributed by atoms with E-state index in [0.29, 0.717) is 34.9 Å². The number of fused-ring (bicyclic) bond motifs is 2. The lowest BCUT2D eigenvalue weighted by atomic mass is 10.1. The smallest absolute Gasteiger partial charge is 0.250 e. The quantitative estimate of drug-likeness (QED) is 0.465. The number of nitrogens with zero attached hydrogens (tertiary/aromatic N) is 3. The number of anilines is 1.